The molecule has 1 heterocycles. The summed E-state index contributed by atoms with van der Waals surface area (Å²) in [7, 11) is -3.53. The first-order valence-corrected chi connectivity index (χ1v) is 12.0. The van der Waals surface area contributed by atoms with Crippen LogP contribution in [0.4, 0.5) is 0 Å². The Balaban J connectivity index is 1.43. The number of nitrogens with zero attached hydrogens (tertiary/aromatic N) is 1. The molecule has 0 saturated carbocycles. The number of hydrogen-bond acceptors (Lipinski definition) is 6. The molecule has 1 amide bonds. The van der Waals surface area contributed by atoms with E-state index in [0.29, 0.717) is 44.3 Å². The monoisotopic (exact) mass is 462 g/mol. The molecule has 0 bridgehead atoms. The molecule has 0 aromatic heterocycles. The average Bonchev–Trinajstić information content (AvgIpc) is 2.80. The number of hydrogen-bond donors (Lipinski definition) is 1. The van der Waals surface area contributed by atoms with Gasteiger partial charge in [0.1, 0.15) is 18.1 Å². The van der Waals surface area contributed by atoms with E-state index >= 15 is 0 Å². The molecular weight excluding hydrogens is 432 g/mol. The van der Waals surface area contributed by atoms with E-state index in [1.165, 1.54) is 22.0 Å². The second-order valence-electron chi connectivity index (χ2n) is 7.63. The minimum Gasteiger partial charge on any atom is -0.492 e. The van der Waals surface area contributed by atoms with Crippen molar-refractivity contribution >= 4 is 15.9 Å². The second kappa shape index (κ2) is 10.8. The van der Waals surface area contributed by atoms with Gasteiger partial charge >= 0.3 is 0 Å². The summed E-state index contributed by atoms with van der Waals surface area (Å²) >= 11 is 0. The minimum absolute atomic E-state index is 0.220. The molecule has 2 aromatic carbocycles. The Morgan fingerprint density at radius 2 is 1.72 bits per heavy atom. The van der Waals surface area contributed by atoms with Gasteiger partial charge in [0.15, 0.2) is 6.10 Å². The van der Waals surface area contributed by atoms with E-state index in [1.807, 2.05) is 32.0 Å². The van der Waals surface area contributed by atoms with Crippen LogP contribution in [0, 0.1) is 13.8 Å². The van der Waals surface area contributed by atoms with Crippen molar-refractivity contribution in [2.24, 2.45) is 0 Å². The molecule has 3 rings (SSSR count). The molecule has 32 heavy (non-hydrogen) atoms. The SMILES string of the molecule is Cc1ccc(OC(C)C(=O)NCCOc2ccc(S(=O)(=O)N3CCOCC3)cc2)cc1C. The van der Waals surface area contributed by atoms with Gasteiger partial charge in [-0.2, -0.15) is 4.31 Å². The van der Waals surface area contributed by atoms with Crippen LogP contribution >= 0.6 is 0 Å². The standard InChI is InChI=1S/C23H30N2O6S/c1-17-4-5-21(16-18(17)2)31-19(3)23(26)24-10-13-30-20-6-8-22(9-7-20)32(27,28)25-11-14-29-15-12-25/h4-9,16,19H,10-15H2,1-3H3,(H,24,26). The molecule has 1 saturated heterocycles. The van der Waals surface area contributed by atoms with Crippen molar-refractivity contribution in [3.05, 3.63) is 53.6 Å². The van der Waals surface area contributed by atoms with Crippen LogP contribution in [0.25, 0.3) is 0 Å². The van der Waals surface area contributed by atoms with E-state index in [2.05, 4.69) is 5.32 Å². The lowest BCUT2D eigenvalue weighted by atomic mass is 10.1. The lowest BCUT2D eigenvalue weighted by Crippen LogP contribution is -2.40. The van der Waals surface area contributed by atoms with Gasteiger partial charge in [-0.25, -0.2) is 8.42 Å². The van der Waals surface area contributed by atoms with Crippen LogP contribution in [0.3, 0.4) is 0 Å². The van der Waals surface area contributed by atoms with E-state index in [0.717, 1.165) is 5.56 Å². The molecule has 1 N–H and O–H groups in total. The molecular formula is C23H30N2O6S. The smallest absolute Gasteiger partial charge is 0.260 e. The molecule has 8 nitrogen and oxygen atoms in total. The summed E-state index contributed by atoms with van der Waals surface area (Å²) in [6, 6.07) is 12.0. The Kier molecular flexibility index (Phi) is 8.11. The fourth-order valence-electron chi connectivity index (χ4n) is 3.18. The van der Waals surface area contributed by atoms with Gasteiger partial charge in [0.2, 0.25) is 10.0 Å². The first-order chi connectivity index (χ1) is 15.3. The third-order valence-electron chi connectivity index (χ3n) is 5.26. The fraction of sp³-hybridized carbons (Fsp3) is 0.435. The van der Waals surface area contributed by atoms with E-state index in [1.54, 1.807) is 19.1 Å². The molecule has 1 aliphatic heterocycles. The summed E-state index contributed by atoms with van der Waals surface area (Å²) in [5.74, 6) is 0.942. The molecule has 2 aromatic rings. The first-order valence-electron chi connectivity index (χ1n) is 10.6. The lowest BCUT2D eigenvalue weighted by molar-refractivity contribution is -0.127. The Morgan fingerprint density at radius 1 is 1.06 bits per heavy atom. The zero-order valence-corrected chi connectivity index (χ0v) is 19.5. The number of carbonyl (C=O) groups excluding carboxylic acids is 1. The topological polar surface area (TPSA) is 94.2 Å². The van der Waals surface area contributed by atoms with Gasteiger partial charge < -0.3 is 19.5 Å². The number of aryl methyl sites for hydroxylation is 2. The number of amides is 1. The van der Waals surface area contributed by atoms with Crippen molar-refractivity contribution in [3.8, 4) is 11.5 Å². The average molecular weight is 463 g/mol. The normalized spacial score (nSPS) is 15.7. The maximum atomic E-state index is 12.6. The Hall–Kier alpha value is -2.62. The van der Waals surface area contributed by atoms with Crippen molar-refractivity contribution < 1.29 is 27.4 Å². The Bertz CT molecular complexity index is 1020. The van der Waals surface area contributed by atoms with Gasteiger partial charge in [0, 0.05) is 13.1 Å². The van der Waals surface area contributed by atoms with Gasteiger partial charge in [-0.05, 0) is 68.3 Å². The van der Waals surface area contributed by atoms with Gasteiger partial charge in [0.05, 0.1) is 24.7 Å². The van der Waals surface area contributed by atoms with Gasteiger partial charge in [-0.15, -0.1) is 0 Å². The van der Waals surface area contributed by atoms with Crippen LogP contribution < -0.4 is 14.8 Å². The Labute approximate surface area is 189 Å². The van der Waals surface area contributed by atoms with Gasteiger partial charge in [-0.3, -0.25) is 4.79 Å². The van der Waals surface area contributed by atoms with E-state index in [9.17, 15) is 13.2 Å². The zero-order chi connectivity index (χ0) is 23.1. The number of rotatable bonds is 9. The van der Waals surface area contributed by atoms with E-state index < -0.39 is 16.1 Å². The molecule has 1 unspecified atom stereocenters. The second-order valence-corrected chi connectivity index (χ2v) is 9.57. The van der Waals surface area contributed by atoms with Crippen LogP contribution in [-0.2, 0) is 19.6 Å². The highest BCUT2D eigenvalue weighted by atomic mass is 32.2. The number of nitrogens with one attached hydrogen (secondary N) is 1. The van der Waals surface area contributed by atoms with Crippen molar-refractivity contribution in [1.82, 2.24) is 9.62 Å². The van der Waals surface area contributed by atoms with Crippen LogP contribution in [-0.4, -0.2) is 64.2 Å². The van der Waals surface area contributed by atoms with E-state index in [-0.39, 0.29) is 17.4 Å². The number of morpholine rings is 1. The van der Waals surface area contributed by atoms with Gasteiger partial charge in [0.25, 0.3) is 5.91 Å². The predicted molar refractivity (Wildman–Crippen MR) is 121 cm³/mol. The third-order valence-corrected chi connectivity index (χ3v) is 7.17. The molecule has 0 spiro atoms. The van der Waals surface area contributed by atoms with Crippen molar-refractivity contribution in [2.75, 3.05) is 39.5 Å². The maximum absolute atomic E-state index is 12.6. The molecule has 1 aliphatic rings. The molecule has 0 radical (unpaired) electrons. The molecule has 0 aliphatic carbocycles. The summed E-state index contributed by atoms with van der Waals surface area (Å²) in [6.07, 6.45) is -0.637. The summed E-state index contributed by atoms with van der Waals surface area (Å²) in [4.78, 5) is 12.5. The zero-order valence-electron chi connectivity index (χ0n) is 18.7. The summed E-state index contributed by atoms with van der Waals surface area (Å²) in [6.45, 7) is 7.77. The minimum atomic E-state index is -3.53. The molecule has 174 valence electrons. The van der Waals surface area contributed by atoms with Crippen molar-refractivity contribution in [3.63, 3.8) is 0 Å². The third kappa shape index (κ3) is 6.21. The highest BCUT2D eigenvalue weighted by Crippen LogP contribution is 2.20. The summed E-state index contributed by atoms with van der Waals surface area (Å²) in [5, 5.41) is 2.77. The molecule has 9 heteroatoms. The summed E-state index contributed by atoms with van der Waals surface area (Å²) in [5.41, 5.74) is 2.27. The Morgan fingerprint density at radius 3 is 2.38 bits per heavy atom. The predicted octanol–water partition coefficient (Wildman–Crippen LogP) is 2.29. The molecule has 1 atom stereocenters. The highest BCUT2D eigenvalue weighted by Gasteiger charge is 2.26. The number of sulfonamides is 1. The van der Waals surface area contributed by atoms with Crippen molar-refractivity contribution in [1.29, 1.82) is 0 Å². The van der Waals surface area contributed by atoms with Crippen molar-refractivity contribution in [2.45, 2.75) is 31.8 Å². The summed E-state index contributed by atoms with van der Waals surface area (Å²) < 4.78 is 43.2. The maximum Gasteiger partial charge on any atom is 0.260 e. The van der Waals surface area contributed by atoms with Crippen LogP contribution in [0.1, 0.15) is 18.1 Å². The number of benzene rings is 2. The van der Waals surface area contributed by atoms with Crippen LogP contribution in [0.2, 0.25) is 0 Å². The first kappa shape index (κ1) is 24.0. The number of carbonyl (C=O) groups is 1. The van der Waals surface area contributed by atoms with Crippen LogP contribution in [0.5, 0.6) is 11.5 Å². The van der Waals surface area contributed by atoms with Crippen LogP contribution in [0.15, 0.2) is 47.4 Å². The van der Waals surface area contributed by atoms with Gasteiger partial charge in [-0.1, -0.05) is 6.07 Å². The fourth-order valence-corrected chi connectivity index (χ4v) is 4.58. The quantitative estimate of drug-likeness (QED) is 0.575. The largest absolute Gasteiger partial charge is 0.492 e. The molecule has 1 fully saturated rings. The highest BCUT2D eigenvalue weighted by molar-refractivity contribution is 7.89. The van der Waals surface area contributed by atoms with E-state index in [4.69, 9.17) is 14.2 Å². The lowest BCUT2D eigenvalue weighted by Gasteiger charge is -2.26. The number of ether oxygens (including phenoxy) is 3.